The number of hydrogen-bond donors (Lipinski definition) is 2. The monoisotopic (exact) mass is 483 g/mol. The van der Waals surface area contributed by atoms with Gasteiger partial charge in [-0.05, 0) is 60.9 Å². The predicted molar refractivity (Wildman–Crippen MR) is 140 cm³/mol. The first-order valence-electron chi connectivity index (χ1n) is 12.2. The lowest BCUT2D eigenvalue weighted by Gasteiger charge is -2.13. The lowest BCUT2D eigenvalue weighted by atomic mass is 10.0. The molecule has 5 aromatic rings. The summed E-state index contributed by atoms with van der Waals surface area (Å²) in [5, 5.41) is 22.8. The maximum atomic E-state index is 10.1. The Morgan fingerprint density at radius 2 is 1.86 bits per heavy atom. The van der Waals surface area contributed by atoms with E-state index in [4.69, 9.17) is 4.74 Å². The van der Waals surface area contributed by atoms with Crippen LogP contribution in [0.3, 0.4) is 0 Å². The molecule has 9 heteroatoms. The molecule has 2 N–H and O–H groups in total. The molecule has 184 valence electrons. The van der Waals surface area contributed by atoms with Crippen LogP contribution < -0.4 is 10.1 Å². The molecule has 0 aliphatic carbocycles. The van der Waals surface area contributed by atoms with Gasteiger partial charge >= 0.3 is 0 Å². The number of anilines is 2. The van der Waals surface area contributed by atoms with Gasteiger partial charge in [0.25, 0.3) is 0 Å². The van der Waals surface area contributed by atoms with Crippen molar-refractivity contribution in [3.05, 3.63) is 67.0 Å². The highest BCUT2D eigenvalue weighted by molar-refractivity contribution is 5.81. The summed E-state index contributed by atoms with van der Waals surface area (Å²) in [6, 6.07) is 17.3. The smallest absolute Gasteiger partial charge is 0.229 e. The molecule has 0 aliphatic rings. The summed E-state index contributed by atoms with van der Waals surface area (Å²) in [7, 11) is 0. The second-order valence-corrected chi connectivity index (χ2v) is 9.22. The Bertz CT molecular complexity index is 1450. The highest BCUT2D eigenvalue weighted by atomic mass is 16.5. The zero-order chi connectivity index (χ0) is 24.9. The lowest BCUT2D eigenvalue weighted by Crippen LogP contribution is -2.17. The molecule has 1 atom stereocenters. The summed E-state index contributed by atoms with van der Waals surface area (Å²) in [6.07, 6.45) is 5.83. The fraction of sp³-hybridized carbons (Fsp3) is 0.296. The number of aliphatic hydroxyl groups excluding tert-OH is 1. The zero-order valence-corrected chi connectivity index (χ0v) is 20.4. The topological polar surface area (TPSA) is 111 Å². The first-order chi connectivity index (χ1) is 17.5. The highest BCUT2D eigenvalue weighted by Crippen LogP contribution is 2.22. The van der Waals surface area contributed by atoms with E-state index in [0.717, 1.165) is 41.5 Å². The van der Waals surface area contributed by atoms with Gasteiger partial charge in [-0.15, -0.1) is 5.10 Å². The number of nitrogens with zero attached hydrogens (tertiary/aromatic N) is 6. The number of hydrogen-bond acceptors (Lipinski definition) is 8. The fourth-order valence-electron chi connectivity index (χ4n) is 3.96. The second kappa shape index (κ2) is 10.7. The molecule has 0 amide bonds. The Morgan fingerprint density at radius 3 is 2.69 bits per heavy atom. The van der Waals surface area contributed by atoms with Crippen molar-refractivity contribution >= 4 is 33.7 Å². The Hall–Kier alpha value is -4.11. The van der Waals surface area contributed by atoms with Crippen molar-refractivity contribution < 1.29 is 9.84 Å². The average Bonchev–Trinajstić information content (AvgIpc) is 3.31. The van der Waals surface area contributed by atoms with Crippen LogP contribution in [0.25, 0.3) is 27.8 Å². The van der Waals surface area contributed by atoms with Crippen molar-refractivity contribution in [2.24, 2.45) is 5.92 Å². The number of benzene rings is 2. The number of rotatable bonds is 10. The van der Waals surface area contributed by atoms with Crippen LogP contribution in [0.1, 0.15) is 33.1 Å². The molecule has 0 saturated heterocycles. The Balaban J connectivity index is 1.25. The summed E-state index contributed by atoms with van der Waals surface area (Å²) in [5.74, 6) is 1.78. The summed E-state index contributed by atoms with van der Waals surface area (Å²) in [5.41, 5.74) is 3.77. The number of aromatic nitrogens is 6. The van der Waals surface area contributed by atoms with Crippen molar-refractivity contribution in [3.63, 3.8) is 0 Å². The van der Waals surface area contributed by atoms with Crippen molar-refractivity contribution in [2.75, 3.05) is 11.9 Å². The summed E-state index contributed by atoms with van der Waals surface area (Å²) >= 11 is 0. The zero-order valence-electron chi connectivity index (χ0n) is 20.4. The van der Waals surface area contributed by atoms with Crippen LogP contribution in [-0.2, 0) is 0 Å². The van der Waals surface area contributed by atoms with Gasteiger partial charge in [-0.25, -0.2) is 4.98 Å². The maximum absolute atomic E-state index is 10.1. The van der Waals surface area contributed by atoms with Crippen molar-refractivity contribution in [1.82, 2.24) is 29.9 Å². The van der Waals surface area contributed by atoms with Crippen LogP contribution in [0.2, 0.25) is 0 Å². The Kier molecular flexibility index (Phi) is 6.99. The van der Waals surface area contributed by atoms with Gasteiger partial charge in [-0.2, -0.15) is 9.67 Å². The van der Waals surface area contributed by atoms with E-state index in [-0.39, 0.29) is 6.61 Å². The van der Waals surface area contributed by atoms with Gasteiger partial charge in [0.15, 0.2) is 11.2 Å². The average molecular weight is 484 g/mol. The van der Waals surface area contributed by atoms with E-state index < -0.39 is 6.10 Å². The molecule has 0 aliphatic heterocycles. The minimum absolute atomic E-state index is 0.284. The SMILES string of the molecule is CC(C)CCCC(O)COc1ccc(Nc2ncc3nnn(-c4ccc5ncccc5c4)c3n2)cc1. The molecule has 5 rings (SSSR count). The molecule has 9 nitrogen and oxygen atoms in total. The van der Waals surface area contributed by atoms with E-state index >= 15 is 0 Å². The molecule has 0 fully saturated rings. The Labute approximate surface area is 209 Å². The fourth-order valence-corrected chi connectivity index (χ4v) is 3.96. The first-order valence-corrected chi connectivity index (χ1v) is 12.2. The first kappa shape index (κ1) is 23.6. The quantitative estimate of drug-likeness (QED) is 0.283. The molecule has 1 unspecified atom stereocenters. The number of aliphatic hydroxyl groups is 1. The number of ether oxygens (including phenoxy) is 1. The van der Waals surface area contributed by atoms with E-state index in [9.17, 15) is 5.11 Å². The van der Waals surface area contributed by atoms with Gasteiger partial charge in [-0.3, -0.25) is 4.98 Å². The highest BCUT2D eigenvalue weighted by Gasteiger charge is 2.12. The maximum Gasteiger partial charge on any atom is 0.229 e. The largest absolute Gasteiger partial charge is 0.491 e. The minimum atomic E-state index is -0.459. The summed E-state index contributed by atoms with van der Waals surface area (Å²) in [6.45, 7) is 4.66. The Morgan fingerprint density at radius 1 is 1.00 bits per heavy atom. The van der Waals surface area contributed by atoms with Crippen molar-refractivity contribution in [1.29, 1.82) is 0 Å². The number of nitrogens with one attached hydrogen (secondary N) is 1. The van der Waals surface area contributed by atoms with E-state index in [1.165, 1.54) is 0 Å². The lowest BCUT2D eigenvalue weighted by molar-refractivity contribution is 0.0968. The van der Waals surface area contributed by atoms with Crippen molar-refractivity contribution in [3.8, 4) is 11.4 Å². The standard InChI is InChI=1S/C27H29N7O2/c1-18(2)5-3-7-22(35)17-36-23-11-8-20(9-12-23)30-27-29-16-25-26(31-27)34(33-32-25)21-10-13-24-19(15-21)6-4-14-28-24/h4,6,8-16,18,22,35H,3,5,7,17H2,1-2H3,(H,29,30,31). The third-order valence-corrected chi connectivity index (χ3v) is 5.90. The molecule has 2 aromatic carbocycles. The van der Waals surface area contributed by atoms with E-state index in [1.54, 1.807) is 17.1 Å². The van der Waals surface area contributed by atoms with E-state index in [2.05, 4.69) is 44.4 Å². The van der Waals surface area contributed by atoms with Crippen LogP contribution in [0.15, 0.2) is 67.0 Å². The van der Waals surface area contributed by atoms with Gasteiger partial charge in [-0.1, -0.05) is 38.0 Å². The molecule has 0 radical (unpaired) electrons. The molecule has 0 bridgehead atoms. The number of fused-ring (bicyclic) bond motifs is 2. The third-order valence-electron chi connectivity index (χ3n) is 5.90. The van der Waals surface area contributed by atoms with Gasteiger partial charge < -0.3 is 15.2 Å². The van der Waals surface area contributed by atoms with Crippen LogP contribution in [0.4, 0.5) is 11.6 Å². The molecular formula is C27H29N7O2. The van der Waals surface area contributed by atoms with Gasteiger partial charge in [0.1, 0.15) is 12.4 Å². The molecule has 3 heterocycles. The summed E-state index contributed by atoms with van der Waals surface area (Å²) in [4.78, 5) is 13.4. The third kappa shape index (κ3) is 5.58. The molecular weight excluding hydrogens is 454 g/mol. The predicted octanol–water partition coefficient (Wildman–Crippen LogP) is 5.07. The van der Waals surface area contributed by atoms with E-state index in [0.29, 0.717) is 28.8 Å². The van der Waals surface area contributed by atoms with Crippen LogP contribution >= 0.6 is 0 Å². The van der Waals surface area contributed by atoms with Gasteiger partial charge in [0.05, 0.1) is 23.5 Å². The molecule has 0 saturated carbocycles. The minimum Gasteiger partial charge on any atom is -0.491 e. The second-order valence-electron chi connectivity index (χ2n) is 9.22. The van der Waals surface area contributed by atoms with E-state index in [1.807, 2.05) is 54.6 Å². The number of pyridine rings is 1. The van der Waals surface area contributed by atoms with Crippen molar-refractivity contribution in [2.45, 2.75) is 39.2 Å². The van der Waals surface area contributed by atoms with Crippen LogP contribution in [0.5, 0.6) is 5.75 Å². The van der Waals surface area contributed by atoms with Crippen LogP contribution in [-0.4, -0.2) is 47.8 Å². The summed E-state index contributed by atoms with van der Waals surface area (Å²) < 4.78 is 7.43. The normalized spacial score (nSPS) is 12.3. The molecule has 3 aromatic heterocycles. The molecule has 36 heavy (non-hydrogen) atoms. The van der Waals surface area contributed by atoms with Gasteiger partial charge in [0.2, 0.25) is 5.95 Å². The van der Waals surface area contributed by atoms with Crippen LogP contribution in [0, 0.1) is 5.92 Å². The molecule has 0 spiro atoms. The van der Waals surface area contributed by atoms with Gasteiger partial charge in [0, 0.05) is 17.3 Å².